The van der Waals surface area contributed by atoms with Crippen LogP contribution >= 0.6 is 0 Å². The van der Waals surface area contributed by atoms with Crippen LogP contribution in [0, 0.1) is 0 Å². The highest BCUT2D eigenvalue weighted by atomic mass is 15.2. The molecular formula is C106H99BN4. The lowest BCUT2D eigenvalue weighted by Gasteiger charge is -2.46. The zero-order chi connectivity index (χ0) is 78.6. The minimum atomic E-state index is -0.349. The fraction of sp³-hybridized carbons (Fsp3) is 0.208. The van der Waals surface area contributed by atoms with E-state index >= 15 is 0 Å². The Labute approximate surface area is 660 Å². The van der Waals surface area contributed by atoms with Crippen LogP contribution in [-0.4, -0.2) is 15.8 Å². The molecule has 111 heavy (non-hydrogen) atoms. The van der Waals surface area contributed by atoms with Gasteiger partial charge in [-0.15, -0.1) is 0 Å². The quantitative estimate of drug-likeness (QED) is 0.120. The maximum Gasteiger partial charge on any atom is 0.252 e. The molecular weight excluding hydrogens is 1340 g/mol. The third kappa shape index (κ3) is 12.0. The maximum absolute atomic E-state index is 10.0. The summed E-state index contributed by atoms with van der Waals surface area (Å²) in [6, 6.07) is 108. The summed E-state index contributed by atoms with van der Waals surface area (Å²) >= 11 is 0. The predicted molar refractivity (Wildman–Crippen MR) is 479 cm³/mol. The van der Waals surface area contributed by atoms with Gasteiger partial charge in [-0.2, -0.15) is 0 Å². The molecule has 0 saturated carbocycles. The summed E-state index contributed by atoms with van der Waals surface area (Å²) in [5, 5.41) is 4.92. The normalized spacial score (nSPS) is 13.4. The summed E-state index contributed by atoms with van der Waals surface area (Å²) in [5.74, 6) is 0.470. The Balaban J connectivity index is 1.04. The summed E-state index contributed by atoms with van der Waals surface area (Å²) < 4.78 is 25.1. The van der Waals surface area contributed by atoms with E-state index in [9.17, 15) is 2.74 Å². The SMILES string of the molecule is [2H]c1cc(-c2ccccc2)c(N2c3cc(-n4c5ccc(C(C)(C)C)cc5c5cc(C(C)(C)C)ccc54)ccc3B3c4ccc(-n5c6ccc(C(C)(C)C)cc6c6cc(C(C)(C)C)ccc65)cc4N(c4c(-c5ccccc5)cc([2H])cc4-c4ccccc4)c4cc(-c5ccc(C(C)C)cc5C(C)C)cc2c43)c(-c2ccccc2)c1. The van der Waals surface area contributed by atoms with Gasteiger partial charge in [0.1, 0.15) is 0 Å². The standard InChI is InChI=1S/C106H99BN4/c1-66(2)72-43-50-80(85(57-72)67(3)4)73-58-98-100-99(59-73)111(102-83(70-35-25-19-26-36-70)41-30-42-84(102)71-37-27-20-28-38-71)97-65-79(109-94-55-46-76(105(11,12)13)62-88(94)89-63-77(106(14,15)16)47-56-95(89)109)49-52-91(97)107(100)90-51-48-78(108-92-53-44-74(103(5,6)7)60-86(92)87-61-75(104(8,9)10)45-54-93(87)108)64-96(90)110(98)101-81(68-31-21-17-22-32-68)39-29-40-82(101)69-33-23-18-24-34-69/h17-67H,1-16H3/i29D,30D. The molecule has 0 fully saturated rings. The number of hydrogen-bond donors (Lipinski definition) is 0. The molecule has 0 aliphatic carbocycles. The minimum absolute atomic E-state index is 0.0880. The summed E-state index contributed by atoms with van der Waals surface area (Å²) in [7, 11) is 0. The van der Waals surface area contributed by atoms with E-state index in [4.69, 9.17) is 0 Å². The van der Waals surface area contributed by atoms with Crippen molar-refractivity contribution in [3.8, 4) is 67.0 Å². The van der Waals surface area contributed by atoms with Crippen molar-refractivity contribution in [1.29, 1.82) is 0 Å². The van der Waals surface area contributed by atoms with Crippen LogP contribution in [0.1, 0.15) is 159 Å². The largest absolute Gasteiger partial charge is 0.310 e. The van der Waals surface area contributed by atoms with Crippen molar-refractivity contribution in [2.24, 2.45) is 0 Å². The van der Waals surface area contributed by atoms with E-state index in [-0.39, 0.29) is 34.3 Å². The minimum Gasteiger partial charge on any atom is -0.310 e. The molecule has 0 amide bonds. The lowest BCUT2D eigenvalue weighted by atomic mass is 9.33. The number of anilines is 6. The van der Waals surface area contributed by atoms with E-state index in [2.05, 4.69) is 415 Å². The van der Waals surface area contributed by atoms with Crippen molar-refractivity contribution in [1.82, 2.24) is 9.13 Å². The number of aromatic nitrogens is 2. The molecule has 5 heteroatoms. The fourth-order valence-corrected chi connectivity index (χ4v) is 17.8. The Morgan fingerprint density at radius 3 is 0.910 bits per heavy atom. The van der Waals surface area contributed by atoms with E-state index < -0.39 is 0 Å². The number of para-hydroxylation sites is 2. The van der Waals surface area contributed by atoms with Crippen LogP contribution in [0.2, 0.25) is 0 Å². The van der Waals surface area contributed by atoms with Crippen LogP contribution in [0.5, 0.6) is 0 Å². The Kier molecular flexibility index (Phi) is 16.4. The molecule has 18 rings (SSSR count). The van der Waals surface area contributed by atoms with Crippen molar-refractivity contribution in [3.63, 3.8) is 0 Å². The molecule has 4 nitrogen and oxygen atoms in total. The second-order valence-corrected chi connectivity index (χ2v) is 36.0. The Morgan fingerprint density at radius 1 is 0.288 bits per heavy atom. The van der Waals surface area contributed by atoms with Crippen molar-refractivity contribution in [2.75, 3.05) is 9.80 Å². The molecule has 0 saturated heterocycles. The second-order valence-electron chi connectivity index (χ2n) is 36.0. The highest BCUT2D eigenvalue weighted by molar-refractivity contribution is 7.00. The fourth-order valence-electron chi connectivity index (χ4n) is 17.8. The molecule has 2 aliphatic heterocycles. The first-order valence-corrected chi connectivity index (χ1v) is 40.0. The maximum atomic E-state index is 10.0. The van der Waals surface area contributed by atoms with Gasteiger partial charge < -0.3 is 18.9 Å². The molecule has 0 spiro atoms. The van der Waals surface area contributed by atoms with Gasteiger partial charge in [-0.25, -0.2) is 0 Å². The molecule has 546 valence electrons. The highest BCUT2D eigenvalue weighted by Gasteiger charge is 2.46. The molecule has 4 heterocycles. The van der Waals surface area contributed by atoms with Gasteiger partial charge in [-0.1, -0.05) is 323 Å². The Morgan fingerprint density at radius 2 is 0.613 bits per heavy atom. The monoisotopic (exact) mass is 1440 g/mol. The van der Waals surface area contributed by atoms with Crippen molar-refractivity contribution in [3.05, 3.63) is 331 Å². The topological polar surface area (TPSA) is 16.3 Å². The van der Waals surface area contributed by atoms with Gasteiger partial charge in [0, 0.05) is 77.9 Å². The summed E-state index contributed by atoms with van der Waals surface area (Å²) in [4.78, 5) is 5.28. The molecule has 14 aromatic carbocycles. The van der Waals surface area contributed by atoms with E-state index in [1.54, 1.807) is 0 Å². The molecule has 0 N–H and O–H groups in total. The molecule has 16 aromatic rings. The van der Waals surface area contributed by atoms with Gasteiger partial charge in [-0.3, -0.25) is 0 Å². The Hall–Kier alpha value is -11.7. The first kappa shape index (κ1) is 68.6. The number of rotatable bonds is 11. The number of nitrogens with zero attached hydrogens (tertiary/aromatic N) is 4. The lowest BCUT2D eigenvalue weighted by molar-refractivity contribution is 0.590. The van der Waals surface area contributed by atoms with Gasteiger partial charge in [0.15, 0.2) is 0 Å². The predicted octanol–water partition coefficient (Wildman–Crippen LogP) is 27.7. The zero-order valence-electron chi connectivity index (χ0n) is 69.2. The smallest absolute Gasteiger partial charge is 0.252 e. The number of benzene rings is 14. The Bertz CT molecular complexity index is 5870. The average molecular weight is 1440 g/mol. The van der Waals surface area contributed by atoms with Gasteiger partial charge in [0.2, 0.25) is 0 Å². The summed E-state index contributed by atoms with van der Waals surface area (Å²) in [6.45, 7) is 36.8. The van der Waals surface area contributed by atoms with E-state index in [0.29, 0.717) is 18.0 Å². The van der Waals surface area contributed by atoms with Gasteiger partial charge >= 0.3 is 0 Å². The van der Waals surface area contributed by atoms with Crippen LogP contribution in [0.4, 0.5) is 34.1 Å². The van der Waals surface area contributed by atoms with Gasteiger partial charge in [-0.05, 0) is 202 Å². The molecule has 0 atom stereocenters. The van der Waals surface area contributed by atoms with Crippen LogP contribution in [0.25, 0.3) is 111 Å². The van der Waals surface area contributed by atoms with Gasteiger partial charge in [0.25, 0.3) is 6.71 Å². The number of hydrogen-bond acceptors (Lipinski definition) is 2. The van der Waals surface area contributed by atoms with Crippen LogP contribution in [-0.2, 0) is 21.7 Å². The van der Waals surface area contributed by atoms with Crippen molar-refractivity contribution in [2.45, 2.75) is 144 Å². The molecule has 2 aliphatic rings. The molecule has 0 radical (unpaired) electrons. The third-order valence-electron chi connectivity index (χ3n) is 23.9. The second kappa shape index (κ2) is 26.6. The van der Waals surface area contributed by atoms with Crippen molar-refractivity contribution >= 4 is 101 Å². The molecule has 0 bridgehead atoms. The third-order valence-corrected chi connectivity index (χ3v) is 23.9. The highest BCUT2D eigenvalue weighted by Crippen LogP contribution is 2.55. The van der Waals surface area contributed by atoms with Crippen molar-refractivity contribution < 1.29 is 2.74 Å². The molecule has 2 aromatic heterocycles. The van der Waals surface area contributed by atoms with Crippen LogP contribution in [0.3, 0.4) is 0 Å². The van der Waals surface area contributed by atoms with Crippen LogP contribution in [0.15, 0.2) is 297 Å². The van der Waals surface area contributed by atoms with Gasteiger partial charge in [0.05, 0.1) is 36.2 Å². The number of fused-ring (bicyclic) bond motifs is 10. The average Bonchev–Trinajstić information content (AvgIpc) is 0.984. The molecule has 0 unspecified atom stereocenters. The first-order chi connectivity index (χ1) is 54.0. The van der Waals surface area contributed by atoms with E-state index in [0.717, 1.165) is 134 Å². The lowest BCUT2D eigenvalue weighted by Crippen LogP contribution is -2.61. The first-order valence-electron chi connectivity index (χ1n) is 41.0. The summed E-state index contributed by atoms with van der Waals surface area (Å²) in [5.41, 5.74) is 33.8. The zero-order valence-corrected chi connectivity index (χ0v) is 67.2. The summed E-state index contributed by atoms with van der Waals surface area (Å²) in [6.07, 6.45) is 0. The van der Waals surface area contributed by atoms with E-state index in [1.807, 2.05) is 0 Å². The van der Waals surface area contributed by atoms with Crippen LogP contribution < -0.4 is 26.2 Å². The van der Waals surface area contributed by atoms with E-state index in [1.165, 1.54) is 60.5 Å².